The molecule has 2 rings (SSSR count). The number of rotatable bonds is 5. The smallest absolute Gasteiger partial charge is 0.270 e. The molecule has 6 nitrogen and oxygen atoms in total. The van der Waals surface area contributed by atoms with Crippen LogP contribution >= 0.6 is 0 Å². The van der Waals surface area contributed by atoms with Crippen molar-refractivity contribution in [3.05, 3.63) is 33.9 Å². The number of carbonyl (C=O) groups is 1. The zero-order valence-corrected chi connectivity index (χ0v) is 11.4. The van der Waals surface area contributed by atoms with Crippen LogP contribution in [0.25, 0.3) is 0 Å². The molecule has 6 heteroatoms. The quantitative estimate of drug-likeness (QED) is 0.469. The lowest BCUT2D eigenvalue weighted by Gasteiger charge is -2.33. The van der Waals surface area contributed by atoms with Gasteiger partial charge in [-0.3, -0.25) is 14.9 Å². The standard InChI is InChI=1S/C14H18N2O4/c1-20-10-11-4-6-15(7-5-11)14-3-2-13(16(18)19)8-12(14)9-17/h2-3,8-9,11H,4-7,10H2,1H3. The molecule has 1 aliphatic heterocycles. The molecule has 1 saturated heterocycles. The summed E-state index contributed by atoms with van der Waals surface area (Å²) in [5, 5.41) is 10.7. The van der Waals surface area contributed by atoms with E-state index in [1.807, 2.05) is 0 Å². The fourth-order valence-corrected chi connectivity index (χ4v) is 2.61. The summed E-state index contributed by atoms with van der Waals surface area (Å²) >= 11 is 0. The summed E-state index contributed by atoms with van der Waals surface area (Å²) in [5.41, 5.74) is 1.11. The fourth-order valence-electron chi connectivity index (χ4n) is 2.61. The molecule has 0 spiro atoms. The number of piperidine rings is 1. The molecule has 0 aromatic heterocycles. The Morgan fingerprint density at radius 3 is 2.70 bits per heavy atom. The van der Waals surface area contributed by atoms with Crippen molar-refractivity contribution in [3.8, 4) is 0 Å². The topological polar surface area (TPSA) is 72.7 Å². The molecule has 0 amide bonds. The minimum atomic E-state index is -0.485. The summed E-state index contributed by atoms with van der Waals surface area (Å²) in [5.74, 6) is 0.550. The van der Waals surface area contributed by atoms with Crippen molar-refractivity contribution in [3.63, 3.8) is 0 Å². The number of nitrogens with zero attached hydrogens (tertiary/aromatic N) is 2. The number of non-ortho nitro benzene ring substituents is 1. The lowest BCUT2D eigenvalue weighted by Crippen LogP contribution is -2.35. The summed E-state index contributed by atoms with van der Waals surface area (Å²) in [6.07, 6.45) is 2.69. The zero-order chi connectivity index (χ0) is 14.5. The molecule has 0 bridgehead atoms. The molecule has 1 heterocycles. The summed E-state index contributed by atoms with van der Waals surface area (Å²) in [7, 11) is 1.70. The maximum atomic E-state index is 11.1. The Kier molecular flexibility index (Phi) is 4.68. The average molecular weight is 278 g/mol. The van der Waals surface area contributed by atoms with Crippen molar-refractivity contribution in [2.24, 2.45) is 5.92 Å². The van der Waals surface area contributed by atoms with E-state index < -0.39 is 4.92 Å². The van der Waals surface area contributed by atoms with Crippen LogP contribution < -0.4 is 4.90 Å². The van der Waals surface area contributed by atoms with Crippen LogP contribution in [0, 0.1) is 16.0 Å². The van der Waals surface area contributed by atoms with Gasteiger partial charge in [0.05, 0.1) is 4.92 Å². The number of ether oxygens (including phenoxy) is 1. The van der Waals surface area contributed by atoms with Gasteiger partial charge in [-0.1, -0.05) is 0 Å². The van der Waals surface area contributed by atoms with E-state index in [2.05, 4.69) is 4.90 Å². The Bertz CT molecular complexity index is 496. The van der Waals surface area contributed by atoms with E-state index in [0.29, 0.717) is 17.8 Å². The first kappa shape index (κ1) is 14.5. The van der Waals surface area contributed by atoms with Crippen molar-refractivity contribution in [2.75, 3.05) is 31.7 Å². The maximum absolute atomic E-state index is 11.1. The molecule has 0 unspecified atom stereocenters. The Balaban J connectivity index is 2.13. The van der Waals surface area contributed by atoms with E-state index in [1.165, 1.54) is 12.1 Å². The Labute approximate surface area is 117 Å². The molecule has 0 radical (unpaired) electrons. The second-order valence-electron chi connectivity index (χ2n) is 5.00. The number of hydrogen-bond acceptors (Lipinski definition) is 5. The van der Waals surface area contributed by atoms with E-state index in [1.54, 1.807) is 13.2 Å². The van der Waals surface area contributed by atoms with Gasteiger partial charge in [-0.15, -0.1) is 0 Å². The number of anilines is 1. The lowest BCUT2D eigenvalue weighted by molar-refractivity contribution is -0.384. The highest BCUT2D eigenvalue weighted by Crippen LogP contribution is 2.28. The molecule has 1 aromatic carbocycles. The molecular weight excluding hydrogens is 260 g/mol. The van der Waals surface area contributed by atoms with Gasteiger partial charge in [0.2, 0.25) is 0 Å². The lowest BCUT2D eigenvalue weighted by atomic mass is 9.97. The minimum Gasteiger partial charge on any atom is -0.384 e. The van der Waals surface area contributed by atoms with E-state index >= 15 is 0 Å². The molecular formula is C14H18N2O4. The second kappa shape index (κ2) is 6.47. The first-order chi connectivity index (χ1) is 9.65. The zero-order valence-electron chi connectivity index (χ0n) is 11.4. The third-order valence-electron chi connectivity index (χ3n) is 3.71. The van der Waals surface area contributed by atoms with Gasteiger partial charge in [0.25, 0.3) is 5.69 Å². The number of aldehydes is 1. The van der Waals surface area contributed by atoms with Gasteiger partial charge in [-0.25, -0.2) is 0 Å². The van der Waals surface area contributed by atoms with Crippen molar-refractivity contribution in [2.45, 2.75) is 12.8 Å². The number of nitro benzene ring substituents is 1. The minimum absolute atomic E-state index is 0.0508. The van der Waals surface area contributed by atoms with Crippen LogP contribution in [-0.2, 0) is 4.74 Å². The fraction of sp³-hybridized carbons (Fsp3) is 0.500. The van der Waals surface area contributed by atoms with Gasteiger partial charge >= 0.3 is 0 Å². The molecule has 0 N–H and O–H groups in total. The van der Waals surface area contributed by atoms with Crippen LogP contribution in [0.4, 0.5) is 11.4 Å². The Hall–Kier alpha value is -1.95. The van der Waals surface area contributed by atoms with Crippen LogP contribution in [0.1, 0.15) is 23.2 Å². The predicted octanol–water partition coefficient (Wildman–Crippen LogP) is 2.27. The third-order valence-corrected chi connectivity index (χ3v) is 3.71. The summed E-state index contributed by atoms with van der Waals surface area (Å²) in [4.78, 5) is 23.5. The molecule has 108 valence electrons. The van der Waals surface area contributed by atoms with Crippen molar-refractivity contribution < 1.29 is 14.5 Å². The van der Waals surface area contributed by atoms with Gasteiger partial charge in [0.1, 0.15) is 0 Å². The molecule has 1 fully saturated rings. The van der Waals surface area contributed by atoms with Crippen LogP contribution in [0.15, 0.2) is 18.2 Å². The average Bonchev–Trinajstić information content (AvgIpc) is 2.47. The molecule has 0 aliphatic carbocycles. The van der Waals surface area contributed by atoms with Crippen LogP contribution in [0.5, 0.6) is 0 Å². The predicted molar refractivity (Wildman–Crippen MR) is 75.3 cm³/mol. The van der Waals surface area contributed by atoms with Crippen LogP contribution in [0.3, 0.4) is 0 Å². The highest BCUT2D eigenvalue weighted by molar-refractivity contribution is 5.86. The Morgan fingerprint density at radius 1 is 1.45 bits per heavy atom. The highest BCUT2D eigenvalue weighted by Gasteiger charge is 2.22. The van der Waals surface area contributed by atoms with Crippen LogP contribution in [0.2, 0.25) is 0 Å². The van der Waals surface area contributed by atoms with Gasteiger partial charge < -0.3 is 9.64 Å². The van der Waals surface area contributed by atoms with E-state index in [-0.39, 0.29) is 5.69 Å². The van der Waals surface area contributed by atoms with Gasteiger partial charge in [-0.05, 0) is 24.8 Å². The Morgan fingerprint density at radius 2 is 2.15 bits per heavy atom. The summed E-state index contributed by atoms with van der Waals surface area (Å²) in [6.45, 7) is 2.44. The molecule has 20 heavy (non-hydrogen) atoms. The van der Waals surface area contributed by atoms with E-state index in [0.717, 1.165) is 38.2 Å². The van der Waals surface area contributed by atoms with E-state index in [9.17, 15) is 14.9 Å². The van der Waals surface area contributed by atoms with Crippen LogP contribution in [-0.4, -0.2) is 38.0 Å². The van der Waals surface area contributed by atoms with Crippen molar-refractivity contribution in [1.29, 1.82) is 0 Å². The monoisotopic (exact) mass is 278 g/mol. The van der Waals surface area contributed by atoms with Gasteiger partial charge in [0, 0.05) is 50.2 Å². The number of methoxy groups -OCH3 is 1. The second-order valence-corrected chi connectivity index (χ2v) is 5.00. The first-order valence-electron chi connectivity index (χ1n) is 6.63. The number of nitro groups is 1. The summed E-state index contributed by atoms with van der Waals surface area (Å²) < 4.78 is 5.16. The molecule has 1 aromatic rings. The van der Waals surface area contributed by atoms with Gasteiger partial charge in [0.15, 0.2) is 6.29 Å². The summed E-state index contributed by atoms with van der Waals surface area (Å²) in [6, 6.07) is 4.45. The van der Waals surface area contributed by atoms with Gasteiger partial charge in [-0.2, -0.15) is 0 Å². The normalized spacial score (nSPS) is 16.1. The molecule has 0 atom stereocenters. The SMILES string of the molecule is COCC1CCN(c2ccc([N+](=O)[O-])cc2C=O)CC1. The number of carbonyl (C=O) groups excluding carboxylic acids is 1. The number of benzene rings is 1. The first-order valence-corrected chi connectivity index (χ1v) is 6.63. The highest BCUT2D eigenvalue weighted by atomic mass is 16.6. The van der Waals surface area contributed by atoms with Crippen molar-refractivity contribution >= 4 is 17.7 Å². The molecule has 1 aliphatic rings. The largest absolute Gasteiger partial charge is 0.384 e. The third kappa shape index (κ3) is 3.14. The number of hydrogen-bond donors (Lipinski definition) is 0. The van der Waals surface area contributed by atoms with Crippen molar-refractivity contribution in [1.82, 2.24) is 0 Å². The molecule has 0 saturated carbocycles. The maximum Gasteiger partial charge on any atom is 0.270 e. The van der Waals surface area contributed by atoms with E-state index in [4.69, 9.17) is 4.74 Å².